The highest BCUT2D eigenvalue weighted by atomic mass is 16.7. The highest BCUT2D eigenvalue weighted by molar-refractivity contribution is 5.81. The fraction of sp³-hybridized carbons (Fsp3) is 0.500. The Morgan fingerprint density at radius 2 is 2.06 bits per heavy atom. The van der Waals surface area contributed by atoms with Crippen LogP contribution in [0, 0.1) is 0 Å². The average molecular weight is 237 g/mol. The second kappa shape index (κ2) is 4.09. The van der Waals surface area contributed by atoms with Gasteiger partial charge in [-0.15, -0.1) is 0 Å². The quantitative estimate of drug-likeness (QED) is 0.836. The molecule has 1 aromatic heterocycles. The predicted molar refractivity (Wildman–Crippen MR) is 59.5 cm³/mol. The van der Waals surface area contributed by atoms with Crippen LogP contribution in [0.2, 0.25) is 0 Å². The normalized spacial score (nSPS) is 22.0. The SMILES string of the molecule is CC1(C)OCC(C(=O)O)(c2cccnc2)CO1. The molecule has 0 radical (unpaired) electrons. The first-order valence-corrected chi connectivity index (χ1v) is 5.38. The number of hydrogen-bond acceptors (Lipinski definition) is 4. The van der Waals surface area contributed by atoms with Gasteiger partial charge in [-0.1, -0.05) is 6.07 Å². The predicted octanol–water partition coefficient (Wildman–Crippen LogP) is 1.19. The van der Waals surface area contributed by atoms with Crippen LogP contribution in [0.5, 0.6) is 0 Å². The van der Waals surface area contributed by atoms with Crippen molar-refractivity contribution in [2.24, 2.45) is 0 Å². The molecule has 0 bridgehead atoms. The zero-order valence-corrected chi connectivity index (χ0v) is 9.84. The van der Waals surface area contributed by atoms with Crippen molar-refractivity contribution in [1.82, 2.24) is 4.98 Å². The van der Waals surface area contributed by atoms with Gasteiger partial charge in [0.1, 0.15) is 5.41 Å². The van der Waals surface area contributed by atoms with Gasteiger partial charge >= 0.3 is 5.97 Å². The average Bonchev–Trinajstić information content (AvgIpc) is 2.30. The standard InChI is InChI=1S/C12H15NO4/c1-11(2)16-7-12(8-17-11,10(14)15)9-4-3-5-13-6-9/h3-6H,7-8H2,1-2H3,(H,14,15). The summed E-state index contributed by atoms with van der Waals surface area (Å²) in [6.07, 6.45) is 3.15. The van der Waals surface area contributed by atoms with E-state index in [0.29, 0.717) is 5.56 Å². The van der Waals surface area contributed by atoms with Crippen LogP contribution < -0.4 is 0 Å². The van der Waals surface area contributed by atoms with Gasteiger partial charge in [-0.3, -0.25) is 9.78 Å². The van der Waals surface area contributed by atoms with Crippen molar-refractivity contribution in [3.63, 3.8) is 0 Å². The molecule has 0 atom stereocenters. The van der Waals surface area contributed by atoms with Crippen LogP contribution in [-0.2, 0) is 19.7 Å². The fourth-order valence-corrected chi connectivity index (χ4v) is 1.74. The van der Waals surface area contributed by atoms with E-state index in [1.54, 1.807) is 38.4 Å². The molecule has 0 spiro atoms. The molecular formula is C12H15NO4. The van der Waals surface area contributed by atoms with Crippen LogP contribution >= 0.6 is 0 Å². The third-order valence-corrected chi connectivity index (χ3v) is 2.96. The second-order valence-corrected chi connectivity index (χ2v) is 4.61. The van der Waals surface area contributed by atoms with E-state index in [-0.39, 0.29) is 13.2 Å². The van der Waals surface area contributed by atoms with Crippen LogP contribution in [-0.4, -0.2) is 35.1 Å². The highest BCUT2D eigenvalue weighted by Crippen LogP contribution is 2.33. The number of hydrogen-bond donors (Lipinski definition) is 1. The van der Waals surface area contributed by atoms with Gasteiger partial charge in [0.15, 0.2) is 5.79 Å². The summed E-state index contributed by atoms with van der Waals surface area (Å²) >= 11 is 0. The van der Waals surface area contributed by atoms with E-state index in [1.165, 1.54) is 0 Å². The number of rotatable bonds is 2. The van der Waals surface area contributed by atoms with E-state index < -0.39 is 17.2 Å². The van der Waals surface area contributed by atoms with Crippen molar-refractivity contribution in [2.45, 2.75) is 25.0 Å². The van der Waals surface area contributed by atoms with Crippen LogP contribution in [0.1, 0.15) is 19.4 Å². The largest absolute Gasteiger partial charge is 0.480 e. The van der Waals surface area contributed by atoms with Crippen LogP contribution in [0.4, 0.5) is 0 Å². The lowest BCUT2D eigenvalue weighted by Gasteiger charge is -2.40. The molecule has 0 amide bonds. The number of ether oxygens (including phenoxy) is 2. The molecule has 0 aromatic carbocycles. The molecule has 1 fully saturated rings. The van der Waals surface area contributed by atoms with Gasteiger partial charge in [0, 0.05) is 12.4 Å². The third kappa shape index (κ3) is 2.16. The Hall–Kier alpha value is -1.46. The monoisotopic (exact) mass is 237 g/mol. The lowest BCUT2D eigenvalue weighted by atomic mass is 9.82. The molecule has 92 valence electrons. The van der Waals surface area contributed by atoms with Gasteiger partial charge in [0.2, 0.25) is 0 Å². The number of pyridine rings is 1. The Bertz CT molecular complexity index is 406. The molecule has 2 rings (SSSR count). The number of aromatic nitrogens is 1. The number of carboxylic acids is 1. The lowest BCUT2D eigenvalue weighted by Crippen LogP contribution is -2.53. The maximum absolute atomic E-state index is 11.5. The molecular weight excluding hydrogens is 222 g/mol. The van der Waals surface area contributed by atoms with Gasteiger partial charge in [-0.25, -0.2) is 0 Å². The van der Waals surface area contributed by atoms with E-state index in [0.717, 1.165) is 0 Å². The van der Waals surface area contributed by atoms with Crippen LogP contribution in [0.15, 0.2) is 24.5 Å². The Morgan fingerprint density at radius 1 is 1.41 bits per heavy atom. The minimum absolute atomic E-state index is 0.0844. The summed E-state index contributed by atoms with van der Waals surface area (Å²) in [6, 6.07) is 3.44. The van der Waals surface area contributed by atoms with Gasteiger partial charge < -0.3 is 14.6 Å². The van der Waals surface area contributed by atoms with Crippen molar-refractivity contribution in [2.75, 3.05) is 13.2 Å². The van der Waals surface area contributed by atoms with Gasteiger partial charge in [-0.2, -0.15) is 0 Å². The Kier molecular flexibility index (Phi) is 2.89. The van der Waals surface area contributed by atoms with Crippen molar-refractivity contribution in [3.05, 3.63) is 30.1 Å². The second-order valence-electron chi connectivity index (χ2n) is 4.61. The molecule has 1 saturated heterocycles. The first kappa shape index (κ1) is 12.0. The minimum atomic E-state index is -1.16. The summed E-state index contributed by atoms with van der Waals surface area (Å²) in [7, 11) is 0. The molecule has 1 aliphatic heterocycles. The number of aliphatic carboxylic acids is 1. The van der Waals surface area contributed by atoms with E-state index in [2.05, 4.69) is 4.98 Å². The molecule has 0 unspecified atom stereocenters. The van der Waals surface area contributed by atoms with Crippen molar-refractivity contribution < 1.29 is 19.4 Å². The maximum atomic E-state index is 11.5. The summed E-state index contributed by atoms with van der Waals surface area (Å²) in [4.78, 5) is 15.4. The third-order valence-electron chi connectivity index (χ3n) is 2.96. The Labute approximate surface area is 99.4 Å². The van der Waals surface area contributed by atoms with Crippen LogP contribution in [0.3, 0.4) is 0 Å². The maximum Gasteiger partial charge on any atom is 0.318 e. The molecule has 17 heavy (non-hydrogen) atoms. The fourth-order valence-electron chi connectivity index (χ4n) is 1.74. The first-order chi connectivity index (χ1) is 7.96. The summed E-state index contributed by atoms with van der Waals surface area (Å²) in [5.41, 5.74) is -0.563. The van der Waals surface area contributed by atoms with Gasteiger partial charge in [0.25, 0.3) is 0 Å². The van der Waals surface area contributed by atoms with E-state index in [1.807, 2.05) is 0 Å². The van der Waals surface area contributed by atoms with E-state index in [9.17, 15) is 9.90 Å². The van der Waals surface area contributed by atoms with E-state index in [4.69, 9.17) is 9.47 Å². The molecule has 0 aliphatic carbocycles. The smallest absolute Gasteiger partial charge is 0.318 e. The number of nitrogens with zero attached hydrogens (tertiary/aromatic N) is 1. The lowest BCUT2D eigenvalue weighted by molar-refractivity contribution is -0.268. The molecule has 2 heterocycles. The molecule has 1 aliphatic rings. The van der Waals surface area contributed by atoms with Gasteiger partial charge in [0.05, 0.1) is 13.2 Å². The zero-order chi connectivity index (χ0) is 12.5. The minimum Gasteiger partial charge on any atom is -0.480 e. The molecule has 5 heteroatoms. The van der Waals surface area contributed by atoms with Crippen molar-refractivity contribution >= 4 is 5.97 Å². The zero-order valence-electron chi connectivity index (χ0n) is 9.84. The Morgan fingerprint density at radius 3 is 2.53 bits per heavy atom. The van der Waals surface area contributed by atoms with Crippen molar-refractivity contribution in [1.29, 1.82) is 0 Å². The van der Waals surface area contributed by atoms with E-state index >= 15 is 0 Å². The van der Waals surface area contributed by atoms with Crippen LogP contribution in [0.25, 0.3) is 0 Å². The summed E-state index contributed by atoms with van der Waals surface area (Å²) in [5.74, 6) is -1.69. The summed E-state index contributed by atoms with van der Waals surface area (Å²) < 4.78 is 10.9. The molecule has 1 aromatic rings. The Balaban J connectivity index is 2.33. The molecule has 0 saturated carbocycles. The first-order valence-electron chi connectivity index (χ1n) is 5.38. The van der Waals surface area contributed by atoms with Gasteiger partial charge in [-0.05, 0) is 25.5 Å². The molecule has 5 nitrogen and oxygen atoms in total. The number of carbonyl (C=O) groups is 1. The topological polar surface area (TPSA) is 68.7 Å². The van der Waals surface area contributed by atoms with Crippen molar-refractivity contribution in [3.8, 4) is 0 Å². The highest BCUT2D eigenvalue weighted by Gasteiger charge is 2.47. The summed E-state index contributed by atoms with van der Waals surface area (Å²) in [5, 5.41) is 9.42. The number of carboxylic acid groups (broad SMARTS) is 1. The summed E-state index contributed by atoms with van der Waals surface area (Å²) in [6.45, 7) is 3.70. The molecule has 1 N–H and O–H groups in total.